The molecular weight excluding hydrogens is 412 g/mol. The molecule has 3 aliphatic carbocycles. The van der Waals surface area contributed by atoms with Crippen molar-refractivity contribution < 1.29 is 23.4 Å². The molecule has 0 aromatic heterocycles. The second kappa shape index (κ2) is 8.27. The number of carbonyl (C=O) groups is 1. The first-order valence-corrected chi connectivity index (χ1v) is 12.4. The van der Waals surface area contributed by atoms with Crippen molar-refractivity contribution in [1.29, 1.82) is 0 Å². The van der Waals surface area contributed by atoms with Crippen molar-refractivity contribution in [3.63, 3.8) is 0 Å². The van der Waals surface area contributed by atoms with Crippen molar-refractivity contribution in [2.75, 3.05) is 26.3 Å². The summed E-state index contributed by atoms with van der Waals surface area (Å²) >= 11 is 0. The molecule has 6 heteroatoms. The summed E-state index contributed by atoms with van der Waals surface area (Å²) in [6.07, 6.45) is 4.92. The van der Waals surface area contributed by atoms with Crippen LogP contribution in [0.2, 0.25) is 0 Å². The highest BCUT2D eigenvalue weighted by molar-refractivity contribution is 5.76. The molecule has 1 aliphatic heterocycles. The van der Waals surface area contributed by atoms with E-state index in [4.69, 9.17) is 4.74 Å². The molecule has 3 fully saturated rings. The molecule has 176 valence electrons. The van der Waals surface area contributed by atoms with E-state index >= 15 is 8.78 Å². The topological polar surface area (TPSA) is 49.8 Å². The number of hydrogen-bond acceptors (Lipinski definition) is 3. The largest absolute Gasteiger partial charge is 0.508 e. The molecule has 1 aromatic rings. The molecule has 1 unspecified atom stereocenters. The highest BCUT2D eigenvalue weighted by Gasteiger charge is 2.67. The van der Waals surface area contributed by atoms with Crippen LogP contribution in [0.3, 0.4) is 0 Å². The Morgan fingerprint density at radius 1 is 1.25 bits per heavy atom. The minimum Gasteiger partial charge on any atom is -0.508 e. The van der Waals surface area contributed by atoms with Crippen LogP contribution in [-0.4, -0.2) is 48.1 Å². The second-order valence-electron chi connectivity index (χ2n) is 10.7. The molecular formula is C26H35F2NO3. The van der Waals surface area contributed by atoms with E-state index in [9.17, 15) is 9.90 Å². The van der Waals surface area contributed by atoms with Gasteiger partial charge in [-0.2, -0.15) is 0 Å². The first kappa shape index (κ1) is 22.1. The van der Waals surface area contributed by atoms with Crippen molar-refractivity contribution in [3.8, 4) is 5.75 Å². The molecule has 4 nitrogen and oxygen atoms in total. The molecule has 1 N–H and O–H groups in total. The lowest BCUT2D eigenvalue weighted by molar-refractivity contribution is -0.135. The summed E-state index contributed by atoms with van der Waals surface area (Å²) in [7, 11) is 0. The van der Waals surface area contributed by atoms with Gasteiger partial charge in [0.25, 0.3) is 5.92 Å². The molecule has 32 heavy (non-hydrogen) atoms. The van der Waals surface area contributed by atoms with Crippen LogP contribution in [0.4, 0.5) is 8.78 Å². The molecule has 1 aromatic carbocycles. The van der Waals surface area contributed by atoms with Gasteiger partial charge in [0.2, 0.25) is 5.91 Å². The van der Waals surface area contributed by atoms with E-state index in [0.717, 1.165) is 19.3 Å². The SMILES string of the molecule is CC12CC[C@@H]3c4ccc(O)cc4CC[C@H]3[C@@H]1[C@H](CCCC(=O)N1CCOCC1)CC2(F)F. The van der Waals surface area contributed by atoms with E-state index in [0.29, 0.717) is 57.9 Å². The van der Waals surface area contributed by atoms with Gasteiger partial charge >= 0.3 is 0 Å². The Labute approximate surface area is 189 Å². The zero-order valence-electron chi connectivity index (χ0n) is 19.0. The molecule has 1 heterocycles. The number of halogens is 2. The van der Waals surface area contributed by atoms with E-state index in [-0.39, 0.29) is 35.8 Å². The molecule has 5 rings (SSSR count). The van der Waals surface area contributed by atoms with Crippen molar-refractivity contribution in [2.24, 2.45) is 23.2 Å². The fraction of sp³-hybridized carbons (Fsp3) is 0.731. The van der Waals surface area contributed by atoms with Gasteiger partial charge in [-0.05, 0) is 85.5 Å². The zero-order valence-corrected chi connectivity index (χ0v) is 19.0. The highest BCUT2D eigenvalue weighted by Crippen LogP contribution is 2.68. The van der Waals surface area contributed by atoms with Crippen LogP contribution in [-0.2, 0) is 16.0 Å². The molecule has 0 spiro atoms. The predicted molar refractivity (Wildman–Crippen MR) is 118 cm³/mol. The number of hydrogen-bond donors (Lipinski definition) is 1. The Morgan fingerprint density at radius 2 is 2.03 bits per heavy atom. The van der Waals surface area contributed by atoms with Crippen LogP contribution in [0.25, 0.3) is 0 Å². The number of carbonyl (C=O) groups excluding carboxylic acids is 1. The molecule has 5 atom stereocenters. The number of amides is 1. The molecule has 1 amide bonds. The quantitative estimate of drug-likeness (QED) is 0.695. The minimum atomic E-state index is -2.64. The molecule has 1 saturated heterocycles. The minimum absolute atomic E-state index is 0.00306. The average Bonchev–Trinajstić information content (AvgIpc) is 2.99. The van der Waals surface area contributed by atoms with E-state index in [1.807, 2.05) is 24.0 Å². The first-order chi connectivity index (χ1) is 15.3. The van der Waals surface area contributed by atoms with E-state index in [2.05, 4.69) is 0 Å². The Hall–Kier alpha value is -1.69. The average molecular weight is 448 g/mol. The smallest absolute Gasteiger partial charge is 0.253 e. The van der Waals surface area contributed by atoms with Gasteiger partial charge in [-0.15, -0.1) is 0 Å². The number of ether oxygens (including phenoxy) is 1. The number of aromatic hydroxyl groups is 1. The summed E-state index contributed by atoms with van der Waals surface area (Å²) < 4.78 is 36.1. The van der Waals surface area contributed by atoms with Gasteiger partial charge in [-0.1, -0.05) is 13.0 Å². The third kappa shape index (κ3) is 3.63. The van der Waals surface area contributed by atoms with Gasteiger partial charge in [-0.25, -0.2) is 8.78 Å². The molecule has 0 radical (unpaired) electrons. The van der Waals surface area contributed by atoms with Crippen molar-refractivity contribution in [1.82, 2.24) is 4.90 Å². The van der Waals surface area contributed by atoms with Crippen LogP contribution in [0.1, 0.15) is 68.9 Å². The number of phenols is 1. The number of phenolic OH excluding ortho intramolecular Hbond substituents is 1. The van der Waals surface area contributed by atoms with Crippen molar-refractivity contribution in [3.05, 3.63) is 29.3 Å². The molecule has 0 bridgehead atoms. The summed E-state index contributed by atoms with van der Waals surface area (Å²) in [6.45, 7) is 4.28. The van der Waals surface area contributed by atoms with Gasteiger partial charge < -0.3 is 14.7 Å². The fourth-order valence-electron chi connectivity index (χ4n) is 7.57. The Balaban J connectivity index is 1.32. The van der Waals surface area contributed by atoms with Gasteiger partial charge in [0.1, 0.15) is 5.75 Å². The summed E-state index contributed by atoms with van der Waals surface area (Å²) in [4.78, 5) is 14.4. The maximum atomic E-state index is 15.4. The van der Waals surface area contributed by atoms with E-state index in [1.165, 1.54) is 11.1 Å². The normalized spacial score (nSPS) is 35.7. The van der Waals surface area contributed by atoms with E-state index < -0.39 is 11.3 Å². The van der Waals surface area contributed by atoms with Gasteiger partial charge in [0.05, 0.1) is 13.2 Å². The highest BCUT2D eigenvalue weighted by atomic mass is 19.3. The number of alkyl halides is 2. The Kier molecular flexibility index (Phi) is 5.71. The predicted octanol–water partition coefficient (Wildman–Crippen LogP) is 5.14. The lowest BCUT2D eigenvalue weighted by atomic mass is 9.53. The van der Waals surface area contributed by atoms with Gasteiger partial charge in [-0.3, -0.25) is 4.79 Å². The summed E-state index contributed by atoms with van der Waals surface area (Å²) in [5.74, 6) is -1.68. The van der Waals surface area contributed by atoms with Crippen molar-refractivity contribution >= 4 is 5.91 Å². The summed E-state index contributed by atoms with van der Waals surface area (Å²) in [5, 5.41) is 9.89. The zero-order chi connectivity index (χ0) is 22.5. The third-order valence-electron chi connectivity index (χ3n) is 9.15. The van der Waals surface area contributed by atoms with Gasteiger partial charge in [0, 0.05) is 31.3 Å². The van der Waals surface area contributed by atoms with Crippen LogP contribution >= 0.6 is 0 Å². The summed E-state index contributed by atoms with van der Waals surface area (Å²) in [6, 6.07) is 5.62. The maximum absolute atomic E-state index is 15.4. The number of aryl methyl sites for hydroxylation is 1. The van der Waals surface area contributed by atoms with Crippen LogP contribution in [0.15, 0.2) is 18.2 Å². The van der Waals surface area contributed by atoms with Crippen LogP contribution in [0.5, 0.6) is 5.75 Å². The first-order valence-electron chi connectivity index (χ1n) is 12.4. The van der Waals surface area contributed by atoms with E-state index in [1.54, 1.807) is 6.07 Å². The molecule has 4 aliphatic rings. The fourth-order valence-corrected chi connectivity index (χ4v) is 7.57. The number of morpholine rings is 1. The number of nitrogens with zero attached hydrogens (tertiary/aromatic N) is 1. The monoisotopic (exact) mass is 447 g/mol. The lowest BCUT2D eigenvalue weighted by Crippen LogP contribution is -2.47. The van der Waals surface area contributed by atoms with Crippen LogP contribution in [0, 0.1) is 23.2 Å². The number of rotatable bonds is 4. The van der Waals surface area contributed by atoms with Crippen LogP contribution < -0.4 is 0 Å². The lowest BCUT2D eigenvalue weighted by Gasteiger charge is -2.51. The Bertz CT molecular complexity index is 869. The number of fused-ring (bicyclic) bond motifs is 5. The maximum Gasteiger partial charge on any atom is 0.253 e. The van der Waals surface area contributed by atoms with Gasteiger partial charge in [0.15, 0.2) is 0 Å². The number of benzene rings is 1. The van der Waals surface area contributed by atoms with Crippen molar-refractivity contribution in [2.45, 2.75) is 70.1 Å². The third-order valence-corrected chi connectivity index (χ3v) is 9.15. The summed E-state index contributed by atoms with van der Waals surface area (Å²) in [5.41, 5.74) is 1.51. The standard InChI is InChI=1S/C26H35F2NO3/c1-25-10-9-21-20-8-6-19(30)15-17(20)5-7-22(21)24(25)18(16-26(25,27)28)3-2-4-23(31)29-11-13-32-14-12-29/h6,8,15,18,21-22,24,30H,2-5,7,9-14,16H2,1H3/t18-,21-,22-,24+,25?/m1/s1. The molecule has 2 saturated carbocycles. The second-order valence-corrected chi connectivity index (χ2v) is 10.7. The Morgan fingerprint density at radius 3 is 2.81 bits per heavy atom.